The van der Waals surface area contributed by atoms with Crippen LogP contribution in [0.15, 0.2) is 12.7 Å². The maximum Gasteiger partial charge on any atom is 0.0780 e. The van der Waals surface area contributed by atoms with Gasteiger partial charge in [0.2, 0.25) is 0 Å². The molecule has 3 heteroatoms. The van der Waals surface area contributed by atoms with Crippen LogP contribution in [0.3, 0.4) is 0 Å². The predicted octanol–water partition coefficient (Wildman–Crippen LogP) is 3.62. The van der Waals surface area contributed by atoms with Gasteiger partial charge in [-0.05, 0) is 24.0 Å². The van der Waals surface area contributed by atoms with E-state index in [0.29, 0.717) is 0 Å². The predicted molar refractivity (Wildman–Crippen MR) is 65.8 cm³/mol. The number of allylic oxidation sites excluding steroid dienone is 1. The molecule has 0 aromatic rings. The third-order valence-electron chi connectivity index (χ3n) is 2.14. The van der Waals surface area contributed by atoms with Crippen LogP contribution in [0.4, 0.5) is 0 Å². The molecule has 1 saturated heterocycles. The van der Waals surface area contributed by atoms with E-state index in [0.717, 1.165) is 4.21 Å². The quantitative estimate of drug-likeness (QED) is 0.524. The topological polar surface area (TPSA) is 0 Å². The molecule has 0 bridgehead atoms. The van der Waals surface area contributed by atoms with Crippen LogP contribution in [-0.4, -0.2) is 23.8 Å². The van der Waals surface area contributed by atoms with E-state index in [1.165, 1.54) is 24.0 Å². The van der Waals surface area contributed by atoms with Gasteiger partial charge >= 0.3 is 0 Å². The highest BCUT2D eigenvalue weighted by molar-refractivity contribution is 8.20. The summed E-state index contributed by atoms with van der Waals surface area (Å²) >= 11 is 4.37. The summed E-state index contributed by atoms with van der Waals surface area (Å²) in [5, 5.41) is 0. The zero-order valence-corrected chi connectivity index (χ0v) is 10.6. The summed E-state index contributed by atoms with van der Waals surface area (Å²) in [6, 6.07) is 1.28. The Balaban J connectivity index is 2.47. The molecule has 1 aliphatic heterocycles. The lowest BCUT2D eigenvalue weighted by atomic mass is 10.6. The molecule has 0 aromatic heterocycles. The summed E-state index contributed by atoms with van der Waals surface area (Å²) in [6.45, 7) is 8.84. The zero-order valence-electron chi connectivity index (χ0n) is 8.01. The smallest absolute Gasteiger partial charge is 0.0780 e. The molecule has 0 saturated carbocycles. The fraction of sp³-hybridized carbons (Fsp3) is 0.778. The third kappa shape index (κ3) is 2.86. The zero-order chi connectivity index (χ0) is 9.03. The Labute approximate surface area is 85.6 Å². The molecule has 0 nitrogen and oxygen atoms in total. The maximum atomic E-state index is 3.86. The van der Waals surface area contributed by atoms with Gasteiger partial charge < -0.3 is 0 Å². The molecule has 70 valence electrons. The first-order chi connectivity index (χ1) is 5.67. The van der Waals surface area contributed by atoms with Crippen molar-refractivity contribution in [1.29, 1.82) is 0 Å². The Morgan fingerprint density at radius 2 is 2.00 bits per heavy atom. The van der Waals surface area contributed by atoms with Crippen molar-refractivity contribution in [3.63, 3.8) is 0 Å². The minimum absolute atomic E-state index is 0.921. The van der Waals surface area contributed by atoms with E-state index >= 15 is 0 Å². The van der Waals surface area contributed by atoms with Gasteiger partial charge in [-0.15, -0.1) is 6.58 Å². The summed E-state index contributed by atoms with van der Waals surface area (Å²) in [7, 11) is -0.995. The van der Waals surface area contributed by atoms with Crippen LogP contribution in [0.25, 0.3) is 0 Å². The second kappa shape index (κ2) is 4.77. The Morgan fingerprint density at radius 1 is 1.42 bits per heavy atom. The molecular weight excluding hydrogens is 200 g/mol. The van der Waals surface area contributed by atoms with E-state index < -0.39 is 8.07 Å². The van der Waals surface area contributed by atoms with Crippen molar-refractivity contribution in [3.8, 4) is 0 Å². The standard InChI is InChI=1S/C9H18S2Si/c1-4-8-12(2,3)9-10-6-5-7-11-9/h4,9H,1,5-8H2,2-3H3. The van der Waals surface area contributed by atoms with Gasteiger partial charge in [0.25, 0.3) is 0 Å². The Kier molecular flexibility index (Phi) is 4.27. The van der Waals surface area contributed by atoms with Gasteiger partial charge in [-0.2, -0.15) is 23.5 Å². The minimum atomic E-state index is -0.995. The van der Waals surface area contributed by atoms with Crippen LogP contribution in [0.5, 0.6) is 0 Å². The second-order valence-corrected chi connectivity index (χ2v) is 12.4. The Hall–Kier alpha value is 0.657. The van der Waals surface area contributed by atoms with Crippen molar-refractivity contribution >= 4 is 31.6 Å². The lowest BCUT2D eigenvalue weighted by Crippen LogP contribution is -2.38. The van der Waals surface area contributed by atoms with Crippen LogP contribution in [0.2, 0.25) is 19.1 Å². The molecule has 0 unspecified atom stereocenters. The average Bonchev–Trinajstić information content (AvgIpc) is 2.06. The van der Waals surface area contributed by atoms with Crippen LogP contribution in [0.1, 0.15) is 6.42 Å². The lowest BCUT2D eigenvalue weighted by molar-refractivity contribution is 1.11. The van der Waals surface area contributed by atoms with Crippen molar-refractivity contribution < 1.29 is 0 Å². The monoisotopic (exact) mass is 218 g/mol. The highest BCUT2D eigenvalue weighted by Gasteiger charge is 2.32. The van der Waals surface area contributed by atoms with Crippen LogP contribution >= 0.6 is 23.5 Å². The largest absolute Gasteiger partial charge is 0.151 e. The number of hydrogen-bond donors (Lipinski definition) is 0. The Morgan fingerprint density at radius 3 is 2.50 bits per heavy atom. The van der Waals surface area contributed by atoms with E-state index in [1.54, 1.807) is 0 Å². The van der Waals surface area contributed by atoms with Gasteiger partial charge in [0.1, 0.15) is 0 Å². The molecule has 1 heterocycles. The van der Waals surface area contributed by atoms with Crippen molar-refractivity contribution in [1.82, 2.24) is 0 Å². The molecule has 0 N–H and O–H groups in total. The first-order valence-corrected chi connectivity index (χ1v) is 9.89. The second-order valence-electron chi connectivity index (χ2n) is 3.91. The third-order valence-corrected chi connectivity index (χ3v) is 12.1. The molecule has 1 aliphatic rings. The number of rotatable bonds is 3. The van der Waals surface area contributed by atoms with Crippen LogP contribution in [-0.2, 0) is 0 Å². The highest BCUT2D eigenvalue weighted by Crippen LogP contribution is 2.38. The van der Waals surface area contributed by atoms with Gasteiger partial charge in [0, 0.05) is 4.21 Å². The van der Waals surface area contributed by atoms with E-state index in [4.69, 9.17) is 0 Å². The molecule has 1 rings (SSSR count). The van der Waals surface area contributed by atoms with Crippen molar-refractivity contribution in [3.05, 3.63) is 12.7 Å². The van der Waals surface area contributed by atoms with Crippen LogP contribution in [0, 0.1) is 0 Å². The summed E-state index contributed by atoms with van der Waals surface area (Å²) in [5.74, 6) is 2.76. The highest BCUT2D eigenvalue weighted by atomic mass is 32.2. The van der Waals surface area contributed by atoms with E-state index in [2.05, 4.69) is 49.3 Å². The summed E-state index contributed by atoms with van der Waals surface area (Å²) in [5.41, 5.74) is 0. The average molecular weight is 218 g/mol. The summed E-state index contributed by atoms with van der Waals surface area (Å²) in [4.78, 5) is 0. The van der Waals surface area contributed by atoms with E-state index in [-0.39, 0.29) is 0 Å². The number of hydrogen-bond acceptors (Lipinski definition) is 2. The normalized spacial score (nSPS) is 20.8. The van der Waals surface area contributed by atoms with Crippen molar-refractivity contribution in [2.45, 2.75) is 29.8 Å². The summed E-state index contributed by atoms with van der Waals surface area (Å²) < 4.78 is 0.921. The molecule has 12 heavy (non-hydrogen) atoms. The van der Waals surface area contributed by atoms with Gasteiger partial charge in [-0.25, -0.2) is 0 Å². The molecule has 1 fully saturated rings. The molecular formula is C9H18S2Si. The van der Waals surface area contributed by atoms with Crippen LogP contribution < -0.4 is 0 Å². The van der Waals surface area contributed by atoms with Crippen molar-refractivity contribution in [2.75, 3.05) is 11.5 Å². The van der Waals surface area contributed by atoms with E-state index in [9.17, 15) is 0 Å². The van der Waals surface area contributed by atoms with Gasteiger partial charge in [-0.3, -0.25) is 0 Å². The fourth-order valence-electron chi connectivity index (χ4n) is 1.41. The summed E-state index contributed by atoms with van der Waals surface area (Å²) in [6.07, 6.45) is 3.52. The molecule has 0 radical (unpaired) electrons. The first-order valence-electron chi connectivity index (χ1n) is 4.51. The lowest BCUT2D eigenvalue weighted by Gasteiger charge is -2.33. The Bertz CT molecular complexity index is 151. The molecule has 0 aliphatic carbocycles. The van der Waals surface area contributed by atoms with Gasteiger partial charge in [0.15, 0.2) is 0 Å². The molecule has 0 spiro atoms. The van der Waals surface area contributed by atoms with Crippen molar-refractivity contribution in [2.24, 2.45) is 0 Å². The molecule has 0 aromatic carbocycles. The maximum absolute atomic E-state index is 3.86. The SMILES string of the molecule is C=CC[Si](C)(C)C1SCCCS1. The van der Waals surface area contributed by atoms with Gasteiger partial charge in [-0.1, -0.05) is 19.2 Å². The fourth-order valence-corrected chi connectivity index (χ4v) is 9.43. The number of thioether (sulfide) groups is 2. The molecule has 0 amide bonds. The first kappa shape index (κ1) is 10.7. The minimum Gasteiger partial charge on any atom is -0.151 e. The van der Waals surface area contributed by atoms with E-state index in [1.807, 2.05) is 0 Å². The molecule has 0 atom stereocenters. The van der Waals surface area contributed by atoms with Gasteiger partial charge in [0.05, 0.1) is 8.07 Å².